The molecule has 20 heavy (non-hydrogen) atoms. The molecule has 0 aromatic carbocycles. The van der Waals surface area contributed by atoms with E-state index in [4.69, 9.17) is 10.7 Å². The monoisotopic (exact) mass is 276 g/mol. The standard InChI is InChI=1S/C16H28N4/c1-19-2-4-20(5-3-19)15(17)18-16-9-12-6-13(10-16)8-14(7-12)11-16/h12-14H,2-11H2,1H3,(H2,17,18). The molecule has 0 amide bonds. The van der Waals surface area contributed by atoms with Gasteiger partial charge in [-0.3, -0.25) is 0 Å². The van der Waals surface area contributed by atoms with Crippen LogP contribution in [0.25, 0.3) is 0 Å². The molecule has 5 fully saturated rings. The molecule has 0 spiro atoms. The fraction of sp³-hybridized carbons (Fsp3) is 0.938. The van der Waals surface area contributed by atoms with Gasteiger partial charge in [0.25, 0.3) is 0 Å². The summed E-state index contributed by atoms with van der Waals surface area (Å²) in [5.74, 6) is 3.68. The summed E-state index contributed by atoms with van der Waals surface area (Å²) in [5.41, 5.74) is 6.60. The smallest absolute Gasteiger partial charge is 0.191 e. The Balaban J connectivity index is 1.51. The Morgan fingerprint density at radius 3 is 1.95 bits per heavy atom. The van der Waals surface area contributed by atoms with Crippen LogP contribution in [0.4, 0.5) is 0 Å². The highest BCUT2D eigenvalue weighted by atomic mass is 15.3. The minimum absolute atomic E-state index is 0.224. The third kappa shape index (κ3) is 2.22. The van der Waals surface area contributed by atoms with Crippen molar-refractivity contribution in [3.05, 3.63) is 0 Å². The molecular formula is C16H28N4. The maximum Gasteiger partial charge on any atom is 0.191 e. The largest absolute Gasteiger partial charge is 0.370 e. The SMILES string of the molecule is CN1CCN(C(N)=NC23CC4CC(CC(C4)C2)C3)CC1. The van der Waals surface area contributed by atoms with Crippen LogP contribution in [0.3, 0.4) is 0 Å². The molecule has 2 N–H and O–H groups in total. The van der Waals surface area contributed by atoms with Gasteiger partial charge >= 0.3 is 0 Å². The molecule has 5 rings (SSSR count). The fourth-order valence-corrected chi connectivity index (χ4v) is 5.55. The molecule has 4 heteroatoms. The quantitative estimate of drug-likeness (QED) is 0.583. The van der Waals surface area contributed by atoms with Crippen LogP contribution in [-0.4, -0.2) is 54.5 Å². The van der Waals surface area contributed by atoms with Crippen molar-refractivity contribution in [2.24, 2.45) is 28.5 Å². The molecule has 1 aliphatic heterocycles. The number of hydrogen-bond donors (Lipinski definition) is 1. The van der Waals surface area contributed by atoms with Crippen LogP contribution in [0.1, 0.15) is 38.5 Å². The van der Waals surface area contributed by atoms with Crippen molar-refractivity contribution >= 4 is 5.96 Å². The van der Waals surface area contributed by atoms with Crippen molar-refractivity contribution in [3.8, 4) is 0 Å². The van der Waals surface area contributed by atoms with Crippen LogP contribution in [0.2, 0.25) is 0 Å². The summed E-state index contributed by atoms with van der Waals surface area (Å²) >= 11 is 0. The molecule has 4 nitrogen and oxygen atoms in total. The number of rotatable bonds is 1. The molecule has 5 aliphatic rings. The average molecular weight is 276 g/mol. The summed E-state index contributed by atoms with van der Waals surface area (Å²) in [6.07, 6.45) is 8.36. The molecule has 1 saturated heterocycles. The van der Waals surface area contributed by atoms with E-state index in [0.717, 1.165) is 49.9 Å². The number of hydrogen-bond acceptors (Lipinski definition) is 2. The summed E-state index contributed by atoms with van der Waals surface area (Å²) in [6.45, 7) is 4.30. The van der Waals surface area contributed by atoms with Crippen molar-refractivity contribution < 1.29 is 0 Å². The van der Waals surface area contributed by atoms with Gasteiger partial charge in [-0.2, -0.15) is 0 Å². The Bertz CT molecular complexity index is 373. The summed E-state index contributed by atoms with van der Waals surface area (Å²) in [5, 5.41) is 0. The van der Waals surface area contributed by atoms with Crippen LogP contribution in [0.15, 0.2) is 4.99 Å². The summed E-state index contributed by atoms with van der Waals surface area (Å²) in [7, 11) is 2.18. The van der Waals surface area contributed by atoms with E-state index in [-0.39, 0.29) is 5.54 Å². The third-order valence-electron chi connectivity index (χ3n) is 6.18. The van der Waals surface area contributed by atoms with E-state index < -0.39 is 0 Å². The van der Waals surface area contributed by atoms with E-state index in [2.05, 4.69) is 16.8 Å². The topological polar surface area (TPSA) is 44.9 Å². The van der Waals surface area contributed by atoms with Gasteiger partial charge in [-0.1, -0.05) is 0 Å². The highest BCUT2D eigenvalue weighted by molar-refractivity contribution is 5.78. The van der Waals surface area contributed by atoms with Gasteiger partial charge in [0.1, 0.15) is 0 Å². The maximum atomic E-state index is 6.37. The Morgan fingerprint density at radius 2 is 1.45 bits per heavy atom. The lowest BCUT2D eigenvalue weighted by Crippen LogP contribution is -2.54. The van der Waals surface area contributed by atoms with Crippen LogP contribution in [0, 0.1) is 17.8 Å². The van der Waals surface area contributed by atoms with Crippen LogP contribution < -0.4 is 5.73 Å². The minimum atomic E-state index is 0.224. The number of aliphatic imine (C=N–C) groups is 1. The van der Waals surface area contributed by atoms with Crippen molar-refractivity contribution in [1.82, 2.24) is 9.80 Å². The van der Waals surface area contributed by atoms with E-state index in [1.54, 1.807) is 0 Å². The third-order valence-corrected chi connectivity index (χ3v) is 6.18. The van der Waals surface area contributed by atoms with E-state index in [1.807, 2.05) is 0 Å². The lowest BCUT2D eigenvalue weighted by atomic mass is 9.53. The van der Waals surface area contributed by atoms with E-state index in [0.29, 0.717) is 0 Å². The first kappa shape index (κ1) is 12.9. The first-order valence-electron chi connectivity index (χ1n) is 8.41. The van der Waals surface area contributed by atoms with E-state index in [1.165, 1.54) is 38.5 Å². The van der Waals surface area contributed by atoms with Crippen LogP contribution in [-0.2, 0) is 0 Å². The Labute approximate surface area is 122 Å². The van der Waals surface area contributed by atoms with Gasteiger partial charge in [-0.15, -0.1) is 0 Å². The van der Waals surface area contributed by atoms with Crippen molar-refractivity contribution in [2.45, 2.75) is 44.1 Å². The second kappa shape index (κ2) is 4.62. The molecular weight excluding hydrogens is 248 g/mol. The average Bonchev–Trinajstić information content (AvgIpc) is 2.37. The predicted octanol–water partition coefficient (Wildman–Crippen LogP) is 1.52. The molecule has 0 atom stereocenters. The lowest BCUT2D eigenvalue weighted by Gasteiger charge is -2.55. The second-order valence-electron chi connectivity index (χ2n) is 7.90. The number of guanidine groups is 1. The zero-order valence-corrected chi connectivity index (χ0v) is 12.7. The fourth-order valence-electron chi connectivity index (χ4n) is 5.55. The lowest BCUT2D eigenvalue weighted by molar-refractivity contribution is 0.000893. The number of nitrogens with zero attached hydrogens (tertiary/aromatic N) is 3. The summed E-state index contributed by atoms with van der Waals surface area (Å²) in [4.78, 5) is 9.79. The second-order valence-corrected chi connectivity index (χ2v) is 7.90. The highest BCUT2D eigenvalue weighted by Gasteiger charge is 2.51. The highest BCUT2D eigenvalue weighted by Crippen LogP contribution is 2.57. The van der Waals surface area contributed by atoms with Gasteiger partial charge in [0.2, 0.25) is 0 Å². The van der Waals surface area contributed by atoms with Gasteiger partial charge in [0.15, 0.2) is 5.96 Å². The predicted molar refractivity (Wildman–Crippen MR) is 81.6 cm³/mol. The molecule has 0 aromatic heterocycles. The molecule has 0 unspecified atom stereocenters. The summed E-state index contributed by atoms with van der Waals surface area (Å²) in [6, 6.07) is 0. The Kier molecular flexibility index (Phi) is 2.99. The minimum Gasteiger partial charge on any atom is -0.370 e. The summed E-state index contributed by atoms with van der Waals surface area (Å²) < 4.78 is 0. The normalized spacial score (nSPS) is 45.1. The molecule has 1 heterocycles. The van der Waals surface area contributed by atoms with Gasteiger partial charge in [0.05, 0.1) is 5.54 Å². The van der Waals surface area contributed by atoms with Crippen LogP contribution >= 0.6 is 0 Å². The zero-order chi connectivity index (χ0) is 13.7. The first-order chi connectivity index (χ1) is 9.62. The Morgan fingerprint density at radius 1 is 0.950 bits per heavy atom. The van der Waals surface area contributed by atoms with Crippen LogP contribution in [0.5, 0.6) is 0 Å². The maximum absolute atomic E-state index is 6.37. The number of likely N-dealkylation sites (N-methyl/N-ethyl adjacent to an activating group) is 1. The van der Waals surface area contributed by atoms with Crippen molar-refractivity contribution in [3.63, 3.8) is 0 Å². The first-order valence-corrected chi connectivity index (χ1v) is 8.41. The zero-order valence-electron chi connectivity index (χ0n) is 12.7. The van der Waals surface area contributed by atoms with E-state index in [9.17, 15) is 0 Å². The molecule has 0 aromatic rings. The molecule has 4 bridgehead atoms. The van der Waals surface area contributed by atoms with Gasteiger partial charge in [-0.05, 0) is 63.3 Å². The van der Waals surface area contributed by atoms with E-state index >= 15 is 0 Å². The van der Waals surface area contributed by atoms with Gasteiger partial charge in [0, 0.05) is 26.2 Å². The van der Waals surface area contributed by atoms with Crippen molar-refractivity contribution in [1.29, 1.82) is 0 Å². The molecule has 0 radical (unpaired) electrons. The molecule has 4 saturated carbocycles. The number of piperazine rings is 1. The van der Waals surface area contributed by atoms with Crippen molar-refractivity contribution in [2.75, 3.05) is 33.2 Å². The Hall–Kier alpha value is -0.770. The van der Waals surface area contributed by atoms with Gasteiger partial charge < -0.3 is 15.5 Å². The molecule has 4 aliphatic carbocycles. The van der Waals surface area contributed by atoms with Gasteiger partial charge in [-0.25, -0.2) is 4.99 Å². The number of nitrogens with two attached hydrogens (primary N) is 1. The molecule has 112 valence electrons.